The van der Waals surface area contributed by atoms with Crippen molar-refractivity contribution in [3.8, 4) is 0 Å². The summed E-state index contributed by atoms with van der Waals surface area (Å²) in [6.45, 7) is 6.76. The summed E-state index contributed by atoms with van der Waals surface area (Å²) in [4.78, 5) is 4.45. The fourth-order valence-electron chi connectivity index (χ4n) is 1.54. The Labute approximate surface area is 108 Å². The molecule has 0 spiro atoms. The molecule has 6 nitrogen and oxygen atoms in total. The van der Waals surface area contributed by atoms with Gasteiger partial charge in [0, 0.05) is 6.04 Å². The third kappa shape index (κ3) is 2.71. The number of nitrogens with zero attached hydrogens (tertiary/aromatic N) is 6. The van der Waals surface area contributed by atoms with Crippen LogP contribution in [0.25, 0.3) is 0 Å². The van der Waals surface area contributed by atoms with Gasteiger partial charge < -0.3 is 0 Å². The highest BCUT2D eigenvalue weighted by molar-refractivity contribution is 9.09. The van der Waals surface area contributed by atoms with Crippen molar-refractivity contribution in [3.63, 3.8) is 0 Å². The molecule has 0 aliphatic carbocycles. The predicted molar refractivity (Wildman–Crippen MR) is 66.9 cm³/mol. The fourth-order valence-corrected chi connectivity index (χ4v) is 1.75. The van der Waals surface area contributed by atoms with Gasteiger partial charge in [-0.05, 0) is 20.8 Å². The summed E-state index contributed by atoms with van der Waals surface area (Å²) in [5.41, 5.74) is 0.917. The average molecular weight is 299 g/mol. The third-order valence-corrected chi connectivity index (χ3v) is 2.87. The van der Waals surface area contributed by atoms with Gasteiger partial charge in [0.2, 0.25) is 0 Å². The van der Waals surface area contributed by atoms with Crippen LogP contribution in [-0.2, 0) is 6.54 Å². The lowest BCUT2D eigenvalue weighted by molar-refractivity contribution is 0.485. The predicted octanol–water partition coefficient (Wildman–Crippen LogP) is 1.95. The minimum atomic E-state index is 0.208. The van der Waals surface area contributed by atoms with Gasteiger partial charge in [-0.1, -0.05) is 21.1 Å². The lowest BCUT2D eigenvalue weighted by Gasteiger charge is -2.08. The van der Waals surface area contributed by atoms with Crippen molar-refractivity contribution in [2.75, 3.05) is 0 Å². The molecule has 2 aromatic heterocycles. The van der Waals surface area contributed by atoms with Crippen LogP contribution in [0.1, 0.15) is 43.2 Å². The van der Waals surface area contributed by atoms with Gasteiger partial charge in [-0.15, -0.1) is 5.10 Å². The van der Waals surface area contributed by atoms with E-state index in [2.05, 4.69) is 50.2 Å². The minimum absolute atomic E-state index is 0.208. The summed E-state index contributed by atoms with van der Waals surface area (Å²) in [6.07, 6.45) is 3.49. The van der Waals surface area contributed by atoms with E-state index in [1.807, 2.05) is 17.8 Å². The zero-order chi connectivity index (χ0) is 12.4. The van der Waals surface area contributed by atoms with Gasteiger partial charge in [-0.2, -0.15) is 5.10 Å². The average Bonchev–Trinajstić information content (AvgIpc) is 2.86. The van der Waals surface area contributed by atoms with E-state index in [0.29, 0.717) is 12.6 Å². The maximum absolute atomic E-state index is 4.24. The molecule has 0 saturated heterocycles. The Bertz CT molecular complexity index is 486. The van der Waals surface area contributed by atoms with Crippen molar-refractivity contribution in [3.05, 3.63) is 24.0 Å². The van der Waals surface area contributed by atoms with Crippen molar-refractivity contribution >= 4 is 15.9 Å². The molecular formula is C10H15BrN6. The first kappa shape index (κ1) is 12.2. The molecule has 17 heavy (non-hydrogen) atoms. The molecule has 0 bridgehead atoms. The molecule has 0 radical (unpaired) electrons. The van der Waals surface area contributed by atoms with Crippen LogP contribution in [0.2, 0.25) is 0 Å². The Kier molecular flexibility index (Phi) is 3.56. The standard InChI is InChI=1S/C10H15BrN6/c1-7(2)17-10(12-6-13-17)5-16-4-9(8(3)11)14-15-16/h4,6-8H,5H2,1-3H3. The molecule has 0 aliphatic heterocycles. The zero-order valence-corrected chi connectivity index (χ0v) is 11.7. The Morgan fingerprint density at radius 1 is 1.35 bits per heavy atom. The van der Waals surface area contributed by atoms with Crippen molar-refractivity contribution in [2.45, 2.75) is 38.2 Å². The van der Waals surface area contributed by atoms with E-state index in [4.69, 9.17) is 0 Å². The smallest absolute Gasteiger partial charge is 0.148 e. The summed E-state index contributed by atoms with van der Waals surface area (Å²) in [7, 11) is 0. The first-order valence-corrected chi connectivity index (χ1v) is 6.42. The van der Waals surface area contributed by atoms with Crippen molar-refractivity contribution in [1.82, 2.24) is 29.8 Å². The summed E-state index contributed by atoms with van der Waals surface area (Å²) in [5, 5.41) is 12.3. The highest BCUT2D eigenvalue weighted by Crippen LogP contribution is 2.18. The van der Waals surface area contributed by atoms with Crippen molar-refractivity contribution in [1.29, 1.82) is 0 Å². The molecule has 0 fully saturated rings. The molecule has 2 heterocycles. The second-order valence-electron chi connectivity index (χ2n) is 4.17. The molecule has 7 heteroatoms. The molecule has 2 aromatic rings. The van der Waals surface area contributed by atoms with Crippen LogP contribution in [0.4, 0.5) is 0 Å². The van der Waals surface area contributed by atoms with Gasteiger partial charge in [0.05, 0.1) is 16.7 Å². The zero-order valence-electron chi connectivity index (χ0n) is 10.1. The van der Waals surface area contributed by atoms with E-state index in [-0.39, 0.29) is 4.83 Å². The number of halogens is 1. The van der Waals surface area contributed by atoms with E-state index in [9.17, 15) is 0 Å². The molecule has 0 saturated carbocycles. The van der Waals surface area contributed by atoms with E-state index < -0.39 is 0 Å². The number of rotatable bonds is 4. The van der Waals surface area contributed by atoms with E-state index in [1.165, 1.54) is 0 Å². The second-order valence-corrected chi connectivity index (χ2v) is 5.55. The summed E-state index contributed by atoms with van der Waals surface area (Å²) in [6, 6.07) is 0.297. The van der Waals surface area contributed by atoms with Gasteiger partial charge >= 0.3 is 0 Å². The van der Waals surface area contributed by atoms with Crippen LogP contribution in [0.3, 0.4) is 0 Å². The van der Waals surface area contributed by atoms with E-state index >= 15 is 0 Å². The minimum Gasteiger partial charge on any atom is -0.246 e. The Morgan fingerprint density at radius 3 is 2.71 bits per heavy atom. The second kappa shape index (κ2) is 4.95. The quantitative estimate of drug-likeness (QED) is 0.810. The molecule has 1 unspecified atom stereocenters. The van der Waals surface area contributed by atoms with Gasteiger partial charge in [0.15, 0.2) is 0 Å². The molecule has 0 aromatic carbocycles. The molecule has 0 N–H and O–H groups in total. The van der Waals surface area contributed by atoms with Crippen LogP contribution in [0.15, 0.2) is 12.5 Å². The first-order valence-electron chi connectivity index (χ1n) is 5.50. The van der Waals surface area contributed by atoms with Crippen LogP contribution >= 0.6 is 15.9 Å². The van der Waals surface area contributed by atoms with Gasteiger partial charge in [-0.3, -0.25) is 0 Å². The van der Waals surface area contributed by atoms with Gasteiger partial charge in [-0.25, -0.2) is 14.3 Å². The Balaban J connectivity index is 2.17. The summed E-state index contributed by atoms with van der Waals surface area (Å²) >= 11 is 3.46. The SMILES string of the molecule is CC(Br)c1cn(Cc2ncnn2C(C)C)nn1. The van der Waals surface area contributed by atoms with E-state index in [1.54, 1.807) is 11.0 Å². The molecular weight excluding hydrogens is 284 g/mol. The number of aromatic nitrogens is 6. The van der Waals surface area contributed by atoms with Crippen LogP contribution in [0, 0.1) is 0 Å². The monoisotopic (exact) mass is 298 g/mol. The first-order chi connectivity index (χ1) is 8.08. The van der Waals surface area contributed by atoms with Crippen LogP contribution in [-0.4, -0.2) is 29.8 Å². The lowest BCUT2D eigenvalue weighted by atomic mass is 10.4. The molecule has 0 amide bonds. The Morgan fingerprint density at radius 2 is 2.12 bits per heavy atom. The number of hydrogen-bond donors (Lipinski definition) is 0. The van der Waals surface area contributed by atoms with Crippen LogP contribution in [0.5, 0.6) is 0 Å². The normalized spacial score (nSPS) is 13.2. The lowest BCUT2D eigenvalue weighted by Crippen LogP contribution is -2.12. The topological polar surface area (TPSA) is 61.4 Å². The van der Waals surface area contributed by atoms with Crippen molar-refractivity contribution < 1.29 is 0 Å². The molecule has 2 rings (SSSR count). The van der Waals surface area contributed by atoms with E-state index in [0.717, 1.165) is 11.5 Å². The van der Waals surface area contributed by atoms with Crippen LogP contribution < -0.4 is 0 Å². The molecule has 0 aliphatic rings. The molecule has 1 atom stereocenters. The fraction of sp³-hybridized carbons (Fsp3) is 0.600. The largest absolute Gasteiger partial charge is 0.246 e. The summed E-state index contributed by atoms with van der Waals surface area (Å²) < 4.78 is 3.66. The highest BCUT2D eigenvalue weighted by Gasteiger charge is 2.11. The number of alkyl halides is 1. The number of hydrogen-bond acceptors (Lipinski definition) is 4. The summed E-state index contributed by atoms with van der Waals surface area (Å²) in [5.74, 6) is 0.888. The Hall–Kier alpha value is -1.24. The maximum Gasteiger partial charge on any atom is 0.148 e. The third-order valence-electron chi connectivity index (χ3n) is 2.40. The van der Waals surface area contributed by atoms with Crippen molar-refractivity contribution in [2.24, 2.45) is 0 Å². The molecule has 92 valence electrons. The van der Waals surface area contributed by atoms with Gasteiger partial charge in [0.25, 0.3) is 0 Å². The highest BCUT2D eigenvalue weighted by atomic mass is 79.9. The van der Waals surface area contributed by atoms with Gasteiger partial charge in [0.1, 0.15) is 18.7 Å². The maximum atomic E-state index is 4.24.